The van der Waals surface area contributed by atoms with Crippen molar-refractivity contribution >= 4 is 12.4 Å². The molecule has 0 spiro atoms. The maximum atomic E-state index is 13.9. The summed E-state index contributed by atoms with van der Waals surface area (Å²) in [7, 11) is 0. The minimum Gasteiger partial charge on any atom is -0.490 e. The molecule has 4 heteroatoms. The zero-order valence-electron chi connectivity index (χ0n) is 11.0. The second-order valence-corrected chi connectivity index (χ2v) is 5.44. The molecule has 1 saturated carbocycles. The summed E-state index contributed by atoms with van der Waals surface area (Å²) in [6, 6.07) is 5.34. The van der Waals surface area contributed by atoms with Gasteiger partial charge >= 0.3 is 0 Å². The van der Waals surface area contributed by atoms with Crippen molar-refractivity contribution in [3.05, 3.63) is 29.6 Å². The lowest BCUT2D eigenvalue weighted by Crippen LogP contribution is -2.27. The highest BCUT2D eigenvalue weighted by molar-refractivity contribution is 5.85. The Bertz CT molecular complexity index is 417. The van der Waals surface area contributed by atoms with Crippen LogP contribution in [0.2, 0.25) is 0 Å². The molecule has 1 N–H and O–H groups in total. The average molecular weight is 286 g/mol. The van der Waals surface area contributed by atoms with Crippen LogP contribution in [0.3, 0.4) is 0 Å². The maximum absolute atomic E-state index is 13.9. The van der Waals surface area contributed by atoms with Crippen molar-refractivity contribution in [1.82, 2.24) is 5.32 Å². The molecular formula is C15H21ClFNO. The first kappa shape index (κ1) is 14.6. The van der Waals surface area contributed by atoms with Crippen molar-refractivity contribution in [1.29, 1.82) is 0 Å². The SMILES string of the molecule is Cl.Fc1cccc(C2CCNCC2)c1OCC1CC1. The molecule has 2 nitrogen and oxygen atoms in total. The van der Waals surface area contributed by atoms with Gasteiger partial charge in [-0.2, -0.15) is 0 Å². The van der Waals surface area contributed by atoms with E-state index in [1.165, 1.54) is 18.9 Å². The van der Waals surface area contributed by atoms with Crippen molar-refractivity contribution in [2.75, 3.05) is 19.7 Å². The van der Waals surface area contributed by atoms with Crippen LogP contribution in [-0.2, 0) is 0 Å². The standard InChI is InChI=1S/C15H20FNO.ClH/c16-14-3-1-2-13(12-6-8-17-9-7-12)15(14)18-10-11-4-5-11;/h1-3,11-12,17H,4-10H2;1H. The summed E-state index contributed by atoms with van der Waals surface area (Å²) in [6.07, 6.45) is 4.61. The third-order valence-corrected chi connectivity index (χ3v) is 3.94. The highest BCUT2D eigenvalue weighted by Gasteiger charge is 2.25. The average Bonchev–Trinajstić information content (AvgIpc) is 3.22. The van der Waals surface area contributed by atoms with Gasteiger partial charge in [-0.15, -0.1) is 12.4 Å². The van der Waals surface area contributed by atoms with E-state index in [1.54, 1.807) is 6.07 Å². The third kappa shape index (κ3) is 3.61. The van der Waals surface area contributed by atoms with Gasteiger partial charge in [0.25, 0.3) is 0 Å². The number of piperidine rings is 1. The largest absolute Gasteiger partial charge is 0.490 e. The van der Waals surface area contributed by atoms with Gasteiger partial charge in [0.05, 0.1) is 6.61 Å². The van der Waals surface area contributed by atoms with E-state index in [4.69, 9.17) is 4.74 Å². The number of nitrogens with one attached hydrogen (secondary N) is 1. The number of hydrogen-bond acceptors (Lipinski definition) is 2. The minimum absolute atomic E-state index is 0. The van der Waals surface area contributed by atoms with E-state index in [9.17, 15) is 4.39 Å². The molecule has 2 fully saturated rings. The number of ether oxygens (including phenoxy) is 1. The van der Waals surface area contributed by atoms with Crippen LogP contribution >= 0.6 is 12.4 Å². The first-order valence-corrected chi connectivity index (χ1v) is 6.96. The van der Waals surface area contributed by atoms with Crippen molar-refractivity contribution in [3.8, 4) is 5.75 Å². The van der Waals surface area contributed by atoms with E-state index >= 15 is 0 Å². The molecule has 1 aromatic carbocycles. The number of rotatable bonds is 4. The first-order chi connectivity index (χ1) is 8.84. The molecule has 106 valence electrons. The Morgan fingerprint density at radius 1 is 1.16 bits per heavy atom. The second kappa shape index (κ2) is 6.58. The fourth-order valence-electron chi connectivity index (χ4n) is 2.62. The molecule has 1 aromatic rings. The minimum atomic E-state index is -0.202. The maximum Gasteiger partial charge on any atom is 0.165 e. The van der Waals surface area contributed by atoms with Crippen LogP contribution < -0.4 is 10.1 Å². The van der Waals surface area contributed by atoms with Gasteiger partial charge < -0.3 is 10.1 Å². The molecule has 0 unspecified atom stereocenters. The predicted molar refractivity (Wildman–Crippen MR) is 76.7 cm³/mol. The Morgan fingerprint density at radius 2 is 1.89 bits per heavy atom. The fourth-order valence-corrected chi connectivity index (χ4v) is 2.62. The molecule has 1 aliphatic carbocycles. The highest BCUT2D eigenvalue weighted by atomic mass is 35.5. The van der Waals surface area contributed by atoms with Gasteiger partial charge in [0.2, 0.25) is 0 Å². The van der Waals surface area contributed by atoms with Crippen molar-refractivity contribution in [2.45, 2.75) is 31.6 Å². The summed E-state index contributed by atoms with van der Waals surface area (Å²) in [5.74, 6) is 1.41. The third-order valence-electron chi connectivity index (χ3n) is 3.94. The first-order valence-electron chi connectivity index (χ1n) is 6.96. The Morgan fingerprint density at radius 3 is 2.58 bits per heavy atom. The molecular weight excluding hydrogens is 265 g/mol. The Hall–Kier alpha value is -0.800. The van der Waals surface area contributed by atoms with Gasteiger partial charge in [-0.25, -0.2) is 4.39 Å². The van der Waals surface area contributed by atoms with E-state index in [0.29, 0.717) is 24.2 Å². The van der Waals surface area contributed by atoms with Gasteiger partial charge in [-0.1, -0.05) is 12.1 Å². The smallest absolute Gasteiger partial charge is 0.165 e. The molecule has 0 aromatic heterocycles. The zero-order valence-corrected chi connectivity index (χ0v) is 11.8. The monoisotopic (exact) mass is 285 g/mol. The number of halogens is 2. The number of para-hydroxylation sites is 1. The Kier molecular flexibility index (Phi) is 5.06. The summed E-state index contributed by atoms with van der Waals surface area (Å²) in [4.78, 5) is 0. The summed E-state index contributed by atoms with van der Waals surface area (Å²) >= 11 is 0. The Balaban J connectivity index is 0.00000133. The predicted octanol–water partition coefficient (Wildman–Crippen LogP) is 3.50. The lowest BCUT2D eigenvalue weighted by Gasteiger charge is -2.25. The number of benzene rings is 1. The van der Waals surface area contributed by atoms with Gasteiger partial charge in [-0.3, -0.25) is 0 Å². The summed E-state index contributed by atoms with van der Waals surface area (Å²) in [5, 5.41) is 3.34. The molecule has 0 atom stereocenters. The van der Waals surface area contributed by atoms with E-state index in [2.05, 4.69) is 5.32 Å². The molecule has 0 amide bonds. The van der Waals surface area contributed by atoms with Gasteiger partial charge in [-0.05, 0) is 56.7 Å². The molecule has 0 bridgehead atoms. The second-order valence-electron chi connectivity index (χ2n) is 5.44. The number of hydrogen-bond donors (Lipinski definition) is 1. The fraction of sp³-hybridized carbons (Fsp3) is 0.600. The van der Waals surface area contributed by atoms with E-state index in [-0.39, 0.29) is 18.2 Å². The molecule has 1 heterocycles. The van der Waals surface area contributed by atoms with Crippen LogP contribution in [0.5, 0.6) is 5.75 Å². The lowest BCUT2D eigenvalue weighted by atomic mass is 9.89. The molecule has 0 radical (unpaired) electrons. The van der Waals surface area contributed by atoms with Crippen LogP contribution in [0.15, 0.2) is 18.2 Å². The van der Waals surface area contributed by atoms with Crippen molar-refractivity contribution < 1.29 is 9.13 Å². The summed E-state index contributed by atoms with van der Waals surface area (Å²) < 4.78 is 19.7. The summed E-state index contributed by atoms with van der Waals surface area (Å²) in [5.41, 5.74) is 1.07. The van der Waals surface area contributed by atoms with E-state index in [0.717, 1.165) is 31.5 Å². The topological polar surface area (TPSA) is 21.3 Å². The van der Waals surface area contributed by atoms with Crippen LogP contribution in [0.4, 0.5) is 4.39 Å². The molecule has 2 aliphatic rings. The van der Waals surface area contributed by atoms with Crippen molar-refractivity contribution in [2.24, 2.45) is 5.92 Å². The zero-order chi connectivity index (χ0) is 12.4. The highest BCUT2D eigenvalue weighted by Crippen LogP contribution is 2.36. The molecule has 1 aliphatic heterocycles. The quantitative estimate of drug-likeness (QED) is 0.914. The van der Waals surface area contributed by atoms with E-state index in [1.807, 2.05) is 6.07 Å². The van der Waals surface area contributed by atoms with Gasteiger partial charge in [0, 0.05) is 5.56 Å². The van der Waals surface area contributed by atoms with E-state index < -0.39 is 0 Å². The van der Waals surface area contributed by atoms with Crippen molar-refractivity contribution in [3.63, 3.8) is 0 Å². The molecule has 3 rings (SSSR count). The van der Waals surface area contributed by atoms with Gasteiger partial charge in [0.1, 0.15) is 0 Å². The van der Waals surface area contributed by atoms with Crippen LogP contribution in [0, 0.1) is 11.7 Å². The van der Waals surface area contributed by atoms with Gasteiger partial charge in [0.15, 0.2) is 11.6 Å². The lowest BCUT2D eigenvalue weighted by molar-refractivity contribution is 0.278. The van der Waals surface area contributed by atoms with Crippen LogP contribution in [0.1, 0.15) is 37.2 Å². The normalized spacial score (nSPS) is 19.8. The molecule has 1 saturated heterocycles. The van der Waals surface area contributed by atoms with Crippen LogP contribution in [0.25, 0.3) is 0 Å². The Labute approximate surface area is 120 Å². The summed E-state index contributed by atoms with van der Waals surface area (Å²) in [6.45, 7) is 2.71. The van der Waals surface area contributed by atoms with Crippen LogP contribution in [-0.4, -0.2) is 19.7 Å². The molecule has 19 heavy (non-hydrogen) atoms.